The predicted molar refractivity (Wildman–Crippen MR) is 101 cm³/mol. The molecule has 0 aliphatic carbocycles. The fourth-order valence-electron chi connectivity index (χ4n) is 3.00. The molecule has 0 bridgehead atoms. The molecule has 0 aliphatic rings. The van der Waals surface area contributed by atoms with Gasteiger partial charge in [0.15, 0.2) is 5.69 Å². The molecule has 0 saturated carbocycles. The van der Waals surface area contributed by atoms with Crippen LogP contribution in [-0.2, 0) is 6.54 Å². The van der Waals surface area contributed by atoms with E-state index >= 15 is 0 Å². The zero-order valence-electron chi connectivity index (χ0n) is 14.1. The summed E-state index contributed by atoms with van der Waals surface area (Å²) in [5.74, 6) is -0.374. The second-order valence-corrected chi connectivity index (χ2v) is 5.85. The lowest BCUT2D eigenvalue weighted by Crippen LogP contribution is -2.27. The summed E-state index contributed by atoms with van der Waals surface area (Å²) in [7, 11) is 0. The number of carbonyl (C=O) groups is 1. The number of carbonyl (C=O) groups excluding carboxylic acids is 1. The van der Waals surface area contributed by atoms with Gasteiger partial charge in [-0.3, -0.25) is 14.6 Å². The number of benzene rings is 2. The van der Waals surface area contributed by atoms with Crippen LogP contribution in [0.5, 0.6) is 0 Å². The molecule has 2 aromatic carbocycles. The molecule has 2 aromatic heterocycles. The van der Waals surface area contributed by atoms with Crippen LogP contribution < -0.4 is 10.9 Å². The summed E-state index contributed by atoms with van der Waals surface area (Å²) in [5.41, 5.74) is 1.33. The van der Waals surface area contributed by atoms with E-state index in [1.54, 1.807) is 36.5 Å². The summed E-state index contributed by atoms with van der Waals surface area (Å²) in [6.07, 6.45) is 1.68. The first kappa shape index (κ1) is 16.0. The number of anilines is 1. The van der Waals surface area contributed by atoms with Crippen molar-refractivity contribution >= 4 is 33.3 Å². The van der Waals surface area contributed by atoms with E-state index in [0.717, 1.165) is 5.39 Å². The number of para-hydroxylation sites is 1. The molecule has 0 unspecified atom stereocenters. The van der Waals surface area contributed by atoms with Crippen molar-refractivity contribution in [2.24, 2.45) is 0 Å². The zero-order chi connectivity index (χ0) is 18.1. The Morgan fingerprint density at radius 3 is 2.62 bits per heavy atom. The molecule has 2 heterocycles. The average molecular weight is 344 g/mol. The molecule has 4 rings (SSSR count). The second-order valence-electron chi connectivity index (χ2n) is 5.85. The lowest BCUT2D eigenvalue weighted by atomic mass is 10.1. The second kappa shape index (κ2) is 6.40. The van der Waals surface area contributed by atoms with Gasteiger partial charge in [-0.25, -0.2) is 4.68 Å². The predicted octanol–water partition coefficient (Wildman–Crippen LogP) is 3.22. The lowest BCUT2D eigenvalue weighted by molar-refractivity contribution is 0.102. The average Bonchev–Trinajstić information content (AvgIpc) is 2.69. The van der Waals surface area contributed by atoms with Crippen molar-refractivity contribution in [3.63, 3.8) is 0 Å². The molecule has 1 N–H and O–H groups in total. The minimum Gasteiger partial charge on any atom is -0.319 e. The highest BCUT2D eigenvalue weighted by molar-refractivity contribution is 6.13. The van der Waals surface area contributed by atoms with Gasteiger partial charge in [0, 0.05) is 23.5 Å². The molecule has 26 heavy (non-hydrogen) atoms. The summed E-state index contributed by atoms with van der Waals surface area (Å²) >= 11 is 0. The lowest BCUT2D eigenvalue weighted by Gasteiger charge is -2.11. The molecule has 0 saturated heterocycles. The third kappa shape index (κ3) is 2.61. The fraction of sp³-hybridized carbons (Fsp3) is 0.100. The maximum Gasteiger partial charge on any atom is 0.276 e. The van der Waals surface area contributed by atoms with Crippen LogP contribution in [0.3, 0.4) is 0 Å². The Labute approximate surface area is 149 Å². The summed E-state index contributed by atoms with van der Waals surface area (Å²) in [6, 6.07) is 16.4. The number of amides is 1. The Morgan fingerprint density at radius 2 is 1.81 bits per heavy atom. The standard InChI is InChI=1S/C20H16N4O2/c1-2-24-20(26)15-10-4-3-9-14(15)18(23-24)19(25)22-16-11-5-7-13-8-6-12-21-17(13)16/h3-12H,2H2,1H3,(H,22,25). The monoisotopic (exact) mass is 344 g/mol. The van der Waals surface area contributed by atoms with Gasteiger partial charge in [-0.15, -0.1) is 0 Å². The number of fused-ring (bicyclic) bond motifs is 2. The molecule has 1 amide bonds. The summed E-state index contributed by atoms with van der Waals surface area (Å²) in [6.45, 7) is 2.21. The number of pyridine rings is 1. The molecule has 0 atom stereocenters. The number of rotatable bonds is 3. The molecule has 4 aromatic rings. The molecular weight excluding hydrogens is 328 g/mol. The SMILES string of the molecule is CCn1nc(C(=O)Nc2cccc3cccnc23)c2ccccc2c1=O. The van der Waals surface area contributed by atoms with Gasteiger partial charge in [0.25, 0.3) is 11.5 Å². The van der Waals surface area contributed by atoms with Crippen LogP contribution in [0.4, 0.5) is 5.69 Å². The van der Waals surface area contributed by atoms with Crippen molar-refractivity contribution in [1.29, 1.82) is 0 Å². The van der Waals surface area contributed by atoms with Crippen LogP contribution in [0.15, 0.2) is 65.6 Å². The highest BCUT2D eigenvalue weighted by atomic mass is 16.2. The maximum absolute atomic E-state index is 12.9. The first-order valence-electron chi connectivity index (χ1n) is 8.34. The molecule has 6 nitrogen and oxygen atoms in total. The van der Waals surface area contributed by atoms with Gasteiger partial charge in [0.1, 0.15) is 0 Å². The van der Waals surface area contributed by atoms with Gasteiger partial charge >= 0.3 is 0 Å². The van der Waals surface area contributed by atoms with E-state index in [1.165, 1.54) is 4.68 Å². The van der Waals surface area contributed by atoms with Crippen LogP contribution in [-0.4, -0.2) is 20.7 Å². The van der Waals surface area contributed by atoms with Crippen molar-refractivity contribution < 1.29 is 4.79 Å². The summed E-state index contributed by atoms with van der Waals surface area (Å²) in [5, 5.41) is 9.10. The Hall–Kier alpha value is -3.54. The number of nitrogens with one attached hydrogen (secondary N) is 1. The molecule has 0 spiro atoms. The largest absolute Gasteiger partial charge is 0.319 e. The zero-order valence-corrected chi connectivity index (χ0v) is 14.1. The third-order valence-electron chi connectivity index (χ3n) is 4.26. The van der Waals surface area contributed by atoms with E-state index < -0.39 is 0 Å². The highest BCUT2D eigenvalue weighted by Crippen LogP contribution is 2.22. The Morgan fingerprint density at radius 1 is 1.04 bits per heavy atom. The number of hydrogen-bond acceptors (Lipinski definition) is 4. The number of aromatic nitrogens is 3. The van der Waals surface area contributed by atoms with Crippen molar-refractivity contribution in [3.8, 4) is 0 Å². The van der Waals surface area contributed by atoms with Gasteiger partial charge in [0.05, 0.1) is 16.6 Å². The maximum atomic E-state index is 12.9. The molecule has 0 aliphatic heterocycles. The van der Waals surface area contributed by atoms with E-state index in [9.17, 15) is 9.59 Å². The van der Waals surface area contributed by atoms with Gasteiger partial charge in [-0.05, 0) is 25.1 Å². The topological polar surface area (TPSA) is 76.9 Å². The van der Waals surface area contributed by atoms with E-state index in [2.05, 4.69) is 15.4 Å². The first-order chi connectivity index (χ1) is 12.7. The van der Waals surface area contributed by atoms with Gasteiger partial charge < -0.3 is 5.32 Å². The van der Waals surface area contributed by atoms with Crippen LogP contribution in [0, 0.1) is 0 Å². The van der Waals surface area contributed by atoms with Crippen molar-refractivity contribution in [2.75, 3.05) is 5.32 Å². The van der Waals surface area contributed by atoms with Gasteiger partial charge in [0.2, 0.25) is 0 Å². The highest BCUT2D eigenvalue weighted by Gasteiger charge is 2.17. The molecule has 6 heteroatoms. The Kier molecular flexibility index (Phi) is 3.93. The van der Waals surface area contributed by atoms with E-state index in [4.69, 9.17) is 0 Å². The molecular formula is C20H16N4O2. The normalized spacial score (nSPS) is 11.0. The smallest absolute Gasteiger partial charge is 0.276 e. The van der Waals surface area contributed by atoms with Crippen LogP contribution in [0.2, 0.25) is 0 Å². The fourth-order valence-corrected chi connectivity index (χ4v) is 3.00. The van der Waals surface area contributed by atoms with Crippen LogP contribution in [0.25, 0.3) is 21.7 Å². The van der Waals surface area contributed by atoms with E-state index in [0.29, 0.717) is 28.5 Å². The summed E-state index contributed by atoms with van der Waals surface area (Å²) < 4.78 is 1.30. The molecule has 0 fully saturated rings. The van der Waals surface area contributed by atoms with E-state index in [1.807, 2.05) is 31.2 Å². The van der Waals surface area contributed by atoms with Crippen LogP contribution in [0.1, 0.15) is 17.4 Å². The number of hydrogen-bond donors (Lipinski definition) is 1. The Balaban J connectivity index is 1.84. The van der Waals surface area contributed by atoms with Crippen molar-refractivity contribution in [2.45, 2.75) is 13.5 Å². The van der Waals surface area contributed by atoms with Crippen LogP contribution >= 0.6 is 0 Å². The minimum atomic E-state index is -0.374. The Bertz CT molecular complexity index is 1190. The molecule has 0 radical (unpaired) electrons. The van der Waals surface area contributed by atoms with Gasteiger partial charge in [-0.2, -0.15) is 5.10 Å². The number of nitrogens with zero attached hydrogens (tertiary/aromatic N) is 3. The quantitative estimate of drug-likeness (QED) is 0.619. The summed E-state index contributed by atoms with van der Waals surface area (Å²) in [4.78, 5) is 29.7. The first-order valence-corrected chi connectivity index (χ1v) is 8.34. The van der Waals surface area contributed by atoms with Gasteiger partial charge in [-0.1, -0.05) is 36.4 Å². The molecule has 128 valence electrons. The third-order valence-corrected chi connectivity index (χ3v) is 4.26. The van der Waals surface area contributed by atoms with Crippen molar-refractivity contribution in [1.82, 2.24) is 14.8 Å². The van der Waals surface area contributed by atoms with E-state index in [-0.39, 0.29) is 17.2 Å². The number of aryl methyl sites for hydroxylation is 1. The van der Waals surface area contributed by atoms with Crippen molar-refractivity contribution in [3.05, 3.63) is 76.8 Å². The minimum absolute atomic E-state index is 0.202.